The van der Waals surface area contributed by atoms with Crippen LogP contribution in [0.5, 0.6) is 0 Å². The third kappa shape index (κ3) is 5.05. The quantitative estimate of drug-likeness (QED) is 0.364. The van der Waals surface area contributed by atoms with Crippen LogP contribution in [0, 0.1) is 18.3 Å². The molecule has 0 saturated carbocycles. The van der Waals surface area contributed by atoms with Gasteiger partial charge in [-0.3, -0.25) is 4.79 Å². The van der Waals surface area contributed by atoms with Crippen molar-refractivity contribution in [2.75, 3.05) is 19.6 Å². The number of amides is 1. The Bertz CT molecular complexity index is 1030. The van der Waals surface area contributed by atoms with Gasteiger partial charge in [0.25, 0.3) is 5.91 Å². The number of carbonyl (C=O) groups excluding carboxylic acids is 1. The number of carbonyl (C=O) groups is 3. The number of aromatic nitrogens is 2. The summed E-state index contributed by atoms with van der Waals surface area (Å²) >= 11 is 0. The van der Waals surface area contributed by atoms with Crippen molar-refractivity contribution in [1.29, 1.82) is 0 Å². The molecular formula is C21H24N4O7. The summed E-state index contributed by atoms with van der Waals surface area (Å²) in [4.78, 5) is 38.7. The summed E-state index contributed by atoms with van der Waals surface area (Å²) in [5, 5.41) is 35.7. The second-order valence-electron chi connectivity index (χ2n) is 7.71. The molecule has 3 aliphatic rings. The van der Waals surface area contributed by atoms with E-state index in [9.17, 15) is 14.4 Å². The van der Waals surface area contributed by atoms with Crippen LogP contribution in [0.3, 0.4) is 0 Å². The van der Waals surface area contributed by atoms with Gasteiger partial charge in [-0.1, -0.05) is 5.92 Å². The highest BCUT2D eigenvalue weighted by atomic mass is 16.4. The summed E-state index contributed by atoms with van der Waals surface area (Å²) < 4.78 is 1.83. The Morgan fingerprint density at radius 2 is 1.75 bits per heavy atom. The molecule has 0 aromatic carbocycles. The summed E-state index contributed by atoms with van der Waals surface area (Å²) in [6, 6.07) is 3.99. The van der Waals surface area contributed by atoms with Crippen LogP contribution in [0.4, 0.5) is 0 Å². The maximum atomic E-state index is 12.5. The molecule has 2 bridgehead atoms. The van der Waals surface area contributed by atoms with Gasteiger partial charge in [-0.15, -0.1) is 6.42 Å². The van der Waals surface area contributed by atoms with Crippen LogP contribution in [0.25, 0.3) is 5.52 Å². The Kier molecular flexibility index (Phi) is 7.09. The van der Waals surface area contributed by atoms with Gasteiger partial charge in [0.15, 0.2) is 12.2 Å². The third-order valence-electron chi connectivity index (χ3n) is 5.70. The Morgan fingerprint density at radius 3 is 2.25 bits per heavy atom. The standard InChI is InChI=1S/C17H18N4O.C4H6O6/c1-2-13-3-4-14-9-18-16(11-21(13)14)17(22)19-15-10-20-7-5-12(15)6-8-20;5-1(3(7)8)2(6)4(9)10/h1,3-4,9,11-12,15H,5-8,10H2,(H,19,22);1-2,5-6H,(H,7,8)(H,9,10)/t15-;/m0./s1. The van der Waals surface area contributed by atoms with E-state index in [1.54, 1.807) is 12.4 Å². The molecule has 32 heavy (non-hydrogen) atoms. The van der Waals surface area contributed by atoms with Gasteiger partial charge >= 0.3 is 11.9 Å². The molecule has 3 fully saturated rings. The number of nitrogens with one attached hydrogen (secondary N) is 1. The molecule has 5 rings (SSSR count). The van der Waals surface area contributed by atoms with E-state index in [-0.39, 0.29) is 11.9 Å². The minimum Gasteiger partial charge on any atom is -0.479 e. The molecule has 170 valence electrons. The SMILES string of the molecule is C#Cc1ccc2cnc(C(=O)N[C@H]3CN4CCC3CC4)cn12.O=C(O)C(O)C(O)C(=O)O. The lowest BCUT2D eigenvalue weighted by atomic mass is 9.84. The number of piperidine rings is 3. The number of hydrogen-bond acceptors (Lipinski definition) is 7. The van der Waals surface area contributed by atoms with Gasteiger partial charge < -0.3 is 35.0 Å². The van der Waals surface area contributed by atoms with E-state index in [0.717, 1.165) is 30.8 Å². The van der Waals surface area contributed by atoms with Crippen molar-refractivity contribution >= 4 is 23.4 Å². The fourth-order valence-corrected chi connectivity index (χ4v) is 3.88. The topological polar surface area (TPSA) is 165 Å². The number of rotatable bonds is 5. The van der Waals surface area contributed by atoms with E-state index in [0.29, 0.717) is 11.6 Å². The van der Waals surface area contributed by atoms with E-state index >= 15 is 0 Å². The van der Waals surface area contributed by atoms with Gasteiger partial charge in [0.2, 0.25) is 0 Å². The van der Waals surface area contributed by atoms with Crippen LogP contribution in [0.15, 0.2) is 24.5 Å². The predicted molar refractivity (Wildman–Crippen MR) is 111 cm³/mol. The zero-order valence-corrected chi connectivity index (χ0v) is 17.1. The molecule has 2 unspecified atom stereocenters. The molecule has 2 aromatic heterocycles. The normalized spacial score (nSPS) is 23.3. The average Bonchev–Trinajstić information content (AvgIpc) is 3.21. The highest BCUT2D eigenvalue weighted by molar-refractivity contribution is 5.92. The second kappa shape index (κ2) is 9.78. The minimum atomic E-state index is -2.27. The maximum Gasteiger partial charge on any atom is 0.335 e. The van der Waals surface area contributed by atoms with Crippen molar-refractivity contribution < 1.29 is 34.8 Å². The highest BCUT2D eigenvalue weighted by Crippen LogP contribution is 2.27. The van der Waals surface area contributed by atoms with Gasteiger partial charge in [0.1, 0.15) is 5.69 Å². The number of fused-ring (bicyclic) bond motifs is 4. The molecule has 0 aliphatic carbocycles. The molecule has 1 amide bonds. The highest BCUT2D eigenvalue weighted by Gasteiger charge is 2.35. The summed E-state index contributed by atoms with van der Waals surface area (Å²) in [6.45, 7) is 3.28. The Balaban J connectivity index is 0.000000247. The molecule has 11 nitrogen and oxygen atoms in total. The number of aliphatic hydroxyl groups is 2. The third-order valence-corrected chi connectivity index (χ3v) is 5.70. The Morgan fingerprint density at radius 1 is 1.12 bits per heavy atom. The molecule has 5 N–H and O–H groups in total. The zero-order chi connectivity index (χ0) is 23.4. The van der Waals surface area contributed by atoms with Crippen LogP contribution in [0.2, 0.25) is 0 Å². The molecule has 3 atom stereocenters. The minimum absolute atomic E-state index is 0.114. The predicted octanol–water partition coefficient (Wildman–Crippen LogP) is -0.983. The van der Waals surface area contributed by atoms with Crippen molar-refractivity contribution in [2.45, 2.75) is 31.1 Å². The molecule has 3 aliphatic heterocycles. The Labute approximate surface area is 183 Å². The second-order valence-corrected chi connectivity index (χ2v) is 7.71. The Hall–Kier alpha value is -3.46. The smallest absolute Gasteiger partial charge is 0.335 e. The fraction of sp³-hybridized carbons (Fsp3) is 0.429. The van der Waals surface area contributed by atoms with E-state index in [2.05, 4.69) is 21.1 Å². The van der Waals surface area contributed by atoms with Crippen LogP contribution in [-0.4, -0.2) is 90.4 Å². The van der Waals surface area contributed by atoms with Crippen molar-refractivity contribution in [2.24, 2.45) is 5.92 Å². The summed E-state index contributed by atoms with van der Waals surface area (Å²) in [5.74, 6) is -0.432. The molecule has 3 saturated heterocycles. The molecule has 11 heteroatoms. The number of nitrogens with zero attached hydrogens (tertiary/aromatic N) is 3. The number of aliphatic hydroxyl groups excluding tert-OH is 2. The van der Waals surface area contributed by atoms with Crippen molar-refractivity contribution in [3.05, 3.63) is 35.9 Å². The summed E-state index contributed by atoms with van der Waals surface area (Å²) in [7, 11) is 0. The largest absolute Gasteiger partial charge is 0.479 e. The molecule has 5 heterocycles. The lowest BCUT2D eigenvalue weighted by Crippen LogP contribution is -2.57. The molecule has 0 spiro atoms. The van der Waals surface area contributed by atoms with Gasteiger partial charge in [0.05, 0.1) is 17.4 Å². The molecule has 0 radical (unpaired) electrons. The van der Waals surface area contributed by atoms with Gasteiger partial charge in [-0.25, -0.2) is 14.6 Å². The lowest BCUT2D eigenvalue weighted by Gasteiger charge is -2.44. The lowest BCUT2D eigenvalue weighted by molar-refractivity contribution is -0.165. The fourth-order valence-electron chi connectivity index (χ4n) is 3.88. The first kappa shape index (κ1) is 23.2. The van der Waals surface area contributed by atoms with E-state index < -0.39 is 24.1 Å². The van der Waals surface area contributed by atoms with E-state index in [1.165, 1.54) is 12.8 Å². The number of carboxylic acids is 2. The molecule has 2 aromatic rings. The zero-order valence-electron chi connectivity index (χ0n) is 17.1. The van der Waals surface area contributed by atoms with Gasteiger partial charge in [-0.2, -0.15) is 0 Å². The molecular weight excluding hydrogens is 420 g/mol. The van der Waals surface area contributed by atoms with Crippen LogP contribution in [-0.2, 0) is 9.59 Å². The van der Waals surface area contributed by atoms with Gasteiger partial charge in [-0.05, 0) is 44.0 Å². The van der Waals surface area contributed by atoms with E-state index in [4.69, 9.17) is 26.8 Å². The maximum absolute atomic E-state index is 12.5. The van der Waals surface area contributed by atoms with Crippen molar-refractivity contribution in [3.8, 4) is 12.3 Å². The number of hydrogen-bond donors (Lipinski definition) is 5. The van der Waals surface area contributed by atoms with E-state index in [1.807, 2.05) is 16.5 Å². The first-order valence-corrected chi connectivity index (χ1v) is 10.00. The van der Waals surface area contributed by atoms with Gasteiger partial charge in [0, 0.05) is 18.8 Å². The monoisotopic (exact) mass is 444 g/mol. The van der Waals surface area contributed by atoms with Crippen LogP contribution in [0.1, 0.15) is 29.0 Å². The first-order chi connectivity index (χ1) is 15.2. The summed E-state index contributed by atoms with van der Waals surface area (Å²) in [6.07, 6.45) is 6.71. The van der Waals surface area contributed by atoms with Crippen molar-refractivity contribution in [3.63, 3.8) is 0 Å². The number of terminal acetylenes is 1. The average molecular weight is 444 g/mol. The van der Waals surface area contributed by atoms with Crippen molar-refractivity contribution in [1.82, 2.24) is 19.6 Å². The number of carboxylic acid groups (broad SMARTS) is 2. The number of aliphatic carboxylic acids is 2. The van der Waals surface area contributed by atoms with Crippen LogP contribution >= 0.6 is 0 Å². The summed E-state index contributed by atoms with van der Waals surface area (Å²) in [5.41, 5.74) is 2.04. The van der Waals surface area contributed by atoms with Crippen LogP contribution < -0.4 is 5.32 Å². The first-order valence-electron chi connectivity index (χ1n) is 10.00.